The van der Waals surface area contributed by atoms with E-state index in [-0.39, 0.29) is 5.78 Å². The van der Waals surface area contributed by atoms with Gasteiger partial charge in [-0.1, -0.05) is 24.0 Å². The van der Waals surface area contributed by atoms with Gasteiger partial charge in [-0.25, -0.2) is 4.79 Å². The molecule has 0 aliphatic rings. The molecule has 0 aliphatic carbocycles. The molecule has 0 saturated heterocycles. The molecule has 118 valence electrons. The average Bonchev–Trinajstić information content (AvgIpc) is 2.53. The molecule has 7 heteroatoms. The van der Waals surface area contributed by atoms with Crippen LogP contribution in [0, 0.1) is 3.57 Å². The lowest BCUT2D eigenvalue weighted by atomic mass is 10.0. The molecule has 0 fully saturated rings. The van der Waals surface area contributed by atoms with Crippen molar-refractivity contribution in [1.29, 1.82) is 0 Å². The second-order valence-corrected chi connectivity index (χ2v) is 5.89. The molecule has 0 N–H and O–H groups in total. The Kier molecular flexibility index (Phi) is 8.54. The van der Waals surface area contributed by atoms with Crippen LogP contribution in [-0.2, 0) is 4.74 Å². The van der Waals surface area contributed by atoms with E-state index in [0.29, 0.717) is 27.7 Å². The Bertz CT molecular complexity index is 583. The molecule has 6 nitrogen and oxygen atoms in total. The number of nitrogens with zero attached hydrogens (tertiary/aromatic N) is 3. The van der Waals surface area contributed by atoms with Crippen molar-refractivity contribution in [3.05, 3.63) is 43.3 Å². The van der Waals surface area contributed by atoms with E-state index in [1.807, 2.05) is 22.6 Å². The topological polar surface area (TPSA) is 92.1 Å². The fourth-order valence-corrected chi connectivity index (χ4v) is 2.71. The first-order chi connectivity index (χ1) is 10.6. The number of halogens is 1. The van der Waals surface area contributed by atoms with Gasteiger partial charge in [-0.05, 0) is 53.1 Å². The van der Waals surface area contributed by atoms with Crippen molar-refractivity contribution in [2.45, 2.75) is 32.1 Å². The number of methoxy groups -OCH3 is 1. The zero-order valence-electron chi connectivity index (χ0n) is 12.4. The Morgan fingerprint density at radius 3 is 2.64 bits per heavy atom. The lowest BCUT2D eigenvalue weighted by Crippen LogP contribution is -2.06. The summed E-state index contributed by atoms with van der Waals surface area (Å²) >= 11 is 2.03. The van der Waals surface area contributed by atoms with Gasteiger partial charge in [0.05, 0.1) is 12.7 Å². The number of carbonyl (C=O) groups excluding carboxylic acids is 2. The quantitative estimate of drug-likeness (QED) is 0.113. The lowest BCUT2D eigenvalue weighted by molar-refractivity contribution is 0.0599. The SMILES string of the molecule is COC(=O)c1ccc(C(=O)CCCCCCN=[N+]=[N-])cc1I. The van der Waals surface area contributed by atoms with Crippen LogP contribution >= 0.6 is 22.6 Å². The number of azide groups is 1. The maximum atomic E-state index is 12.1. The molecule has 0 bridgehead atoms. The van der Waals surface area contributed by atoms with E-state index in [0.717, 1.165) is 25.7 Å². The average molecular weight is 415 g/mol. The van der Waals surface area contributed by atoms with Crippen molar-refractivity contribution >= 4 is 34.3 Å². The summed E-state index contributed by atoms with van der Waals surface area (Å²) in [7, 11) is 1.33. The van der Waals surface area contributed by atoms with E-state index in [9.17, 15) is 9.59 Å². The number of hydrogen-bond acceptors (Lipinski definition) is 4. The van der Waals surface area contributed by atoms with Gasteiger partial charge in [-0.3, -0.25) is 4.79 Å². The summed E-state index contributed by atoms with van der Waals surface area (Å²) in [5, 5.41) is 3.47. The van der Waals surface area contributed by atoms with E-state index < -0.39 is 5.97 Å². The summed E-state index contributed by atoms with van der Waals surface area (Å²) < 4.78 is 5.39. The first kappa shape index (κ1) is 18.4. The van der Waals surface area contributed by atoms with E-state index in [1.54, 1.807) is 18.2 Å². The predicted molar refractivity (Wildman–Crippen MR) is 91.9 cm³/mol. The predicted octanol–water partition coefficient (Wildman–Crippen LogP) is 4.52. The Morgan fingerprint density at radius 2 is 2.00 bits per heavy atom. The van der Waals surface area contributed by atoms with Crippen LogP contribution in [-0.4, -0.2) is 25.4 Å². The lowest BCUT2D eigenvalue weighted by Gasteiger charge is -2.06. The molecule has 0 spiro atoms. The summed E-state index contributed by atoms with van der Waals surface area (Å²) in [4.78, 5) is 26.3. The molecule has 1 aromatic rings. The minimum absolute atomic E-state index is 0.0735. The molecule has 0 radical (unpaired) electrons. The van der Waals surface area contributed by atoms with Gasteiger partial charge in [0, 0.05) is 27.0 Å². The van der Waals surface area contributed by atoms with Crippen molar-refractivity contribution in [2.24, 2.45) is 5.11 Å². The van der Waals surface area contributed by atoms with Crippen LogP contribution in [0.25, 0.3) is 10.4 Å². The van der Waals surface area contributed by atoms with Crippen molar-refractivity contribution in [2.75, 3.05) is 13.7 Å². The Labute approximate surface area is 143 Å². The van der Waals surface area contributed by atoms with Crippen LogP contribution in [0.1, 0.15) is 52.8 Å². The van der Waals surface area contributed by atoms with Gasteiger partial charge >= 0.3 is 5.97 Å². The fraction of sp³-hybridized carbons (Fsp3) is 0.467. The highest BCUT2D eigenvalue weighted by Gasteiger charge is 2.13. The van der Waals surface area contributed by atoms with E-state index in [2.05, 4.69) is 14.8 Å². The highest BCUT2D eigenvalue weighted by atomic mass is 127. The van der Waals surface area contributed by atoms with Crippen LogP contribution in [0.5, 0.6) is 0 Å². The first-order valence-corrected chi connectivity index (χ1v) is 8.10. The van der Waals surface area contributed by atoms with Crippen molar-refractivity contribution < 1.29 is 14.3 Å². The molecule has 0 atom stereocenters. The smallest absolute Gasteiger partial charge is 0.338 e. The van der Waals surface area contributed by atoms with Gasteiger partial charge in [0.15, 0.2) is 5.78 Å². The van der Waals surface area contributed by atoms with Crippen LogP contribution in [0.4, 0.5) is 0 Å². The zero-order chi connectivity index (χ0) is 16.4. The molecular formula is C15H18IN3O3. The maximum absolute atomic E-state index is 12.1. The largest absolute Gasteiger partial charge is 0.465 e. The summed E-state index contributed by atoms with van der Waals surface area (Å²) in [6, 6.07) is 5.01. The molecule has 1 rings (SSSR count). The van der Waals surface area contributed by atoms with Crippen molar-refractivity contribution in [3.63, 3.8) is 0 Å². The second kappa shape index (κ2) is 10.2. The summed E-state index contributed by atoms with van der Waals surface area (Å²) in [6.07, 6.45) is 4.03. The van der Waals surface area contributed by atoms with Crippen molar-refractivity contribution in [1.82, 2.24) is 0 Å². The Hall–Kier alpha value is -1.60. The highest BCUT2D eigenvalue weighted by Crippen LogP contribution is 2.18. The molecule has 0 aliphatic heterocycles. The zero-order valence-corrected chi connectivity index (χ0v) is 14.6. The van der Waals surface area contributed by atoms with Gasteiger partial charge in [-0.15, -0.1) is 0 Å². The maximum Gasteiger partial charge on any atom is 0.338 e. The van der Waals surface area contributed by atoms with Crippen LogP contribution < -0.4 is 0 Å². The molecule has 0 unspecified atom stereocenters. The molecular weight excluding hydrogens is 397 g/mol. The standard InChI is InChI=1S/C15H18IN3O3/c1-22-15(21)12-8-7-11(10-13(12)16)14(20)6-4-2-3-5-9-18-19-17/h7-8,10H,2-6,9H2,1H3. The van der Waals surface area contributed by atoms with E-state index >= 15 is 0 Å². The number of ketones is 1. The minimum atomic E-state index is -0.400. The second-order valence-electron chi connectivity index (χ2n) is 4.73. The third-order valence-corrected chi connectivity index (χ3v) is 4.06. The number of benzene rings is 1. The highest BCUT2D eigenvalue weighted by molar-refractivity contribution is 14.1. The number of esters is 1. The third-order valence-electron chi connectivity index (χ3n) is 3.17. The molecule has 0 amide bonds. The number of hydrogen-bond donors (Lipinski definition) is 0. The number of rotatable bonds is 9. The third kappa shape index (κ3) is 6.03. The number of Topliss-reactive ketones (excluding diaryl/α,β-unsaturated/α-hetero) is 1. The summed E-state index contributed by atoms with van der Waals surface area (Å²) in [5.74, 6) is -0.326. The molecule has 0 aromatic heterocycles. The van der Waals surface area contributed by atoms with Gasteiger partial charge in [0.25, 0.3) is 0 Å². The summed E-state index contributed by atoms with van der Waals surface area (Å²) in [6.45, 7) is 0.512. The number of ether oxygens (including phenoxy) is 1. The van der Waals surface area contributed by atoms with E-state index in [1.165, 1.54) is 7.11 Å². The first-order valence-electron chi connectivity index (χ1n) is 7.02. The molecule has 0 saturated carbocycles. The molecule has 1 aromatic carbocycles. The monoisotopic (exact) mass is 415 g/mol. The normalized spacial score (nSPS) is 9.91. The Balaban J connectivity index is 2.44. The van der Waals surface area contributed by atoms with Gasteiger partial charge in [0.1, 0.15) is 0 Å². The van der Waals surface area contributed by atoms with Gasteiger partial charge < -0.3 is 4.74 Å². The minimum Gasteiger partial charge on any atom is -0.465 e. The van der Waals surface area contributed by atoms with Gasteiger partial charge in [0.2, 0.25) is 0 Å². The van der Waals surface area contributed by atoms with Crippen molar-refractivity contribution in [3.8, 4) is 0 Å². The Morgan fingerprint density at radius 1 is 1.27 bits per heavy atom. The number of unbranched alkanes of at least 4 members (excludes halogenated alkanes) is 3. The summed E-state index contributed by atoms with van der Waals surface area (Å²) in [5.41, 5.74) is 9.23. The molecule has 0 heterocycles. The number of carbonyl (C=O) groups is 2. The van der Waals surface area contributed by atoms with Crippen LogP contribution in [0.3, 0.4) is 0 Å². The van der Waals surface area contributed by atoms with Crippen LogP contribution in [0.15, 0.2) is 23.3 Å². The molecule has 22 heavy (non-hydrogen) atoms. The fourth-order valence-electron chi connectivity index (χ4n) is 1.97. The van der Waals surface area contributed by atoms with Gasteiger partial charge in [-0.2, -0.15) is 0 Å². The van der Waals surface area contributed by atoms with E-state index in [4.69, 9.17) is 5.53 Å². The van der Waals surface area contributed by atoms with Crippen LogP contribution in [0.2, 0.25) is 0 Å².